The van der Waals surface area contributed by atoms with Crippen molar-refractivity contribution in [2.45, 2.75) is 41.0 Å². The Morgan fingerprint density at radius 2 is 1.89 bits per heavy atom. The second-order valence-corrected chi connectivity index (χ2v) is 4.96. The molecule has 0 fully saturated rings. The van der Waals surface area contributed by atoms with Crippen LogP contribution in [-0.4, -0.2) is 23.5 Å². The van der Waals surface area contributed by atoms with Gasteiger partial charge in [-0.25, -0.2) is 4.98 Å². The summed E-state index contributed by atoms with van der Waals surface area (Å²) in [7, 11) is 2.13. The zero-order valence-electron chi connectivity index (χ0n) is 13.2. The van der Waals surface area contributed by atoms with Gasteiger partial charge in [0.25, 0.3) is 0 Å². The van der Waals surface area contributed by atoms with E-state index in [4.69, 9.17) is 4.98 Å². The van der Waals surface area contributed by atoms with Crippen molar-refractivity contribution in [1.82, 2.24) is 9.88 Å². The molecule has 0 saturated heterocycles. The highest BCUT2D eigenvalue weighted by Gasteiger charge is 2.12. The molecule has 0 radical (unpaired) electrons. The van der Waals surface area contributed by atoms with Gasteiger partial charge in [0, 0.05) is 13.6 Å². The fourth-order valence-corrected chi connectivity index (χ4v) is 2.35. The number of rotatable bonds is 4. The van der Waals surface area contributed by atoms with Gasteiger partial charge in [-0.05, 0) is 50.5 Å². The molecule has 0 atom stereocenters. The zero-order valence-corrected chi connectivity index (χ0v) is 13.2. The van der Waals surface area contributed by atoms with Crippen molar-refractivity contribution in [3.05, 3.63) is 33.5 Å². The van der Waals surface area contributed by atoms with E-state index in [1.54, 1.807) is 0 Å². The minimum absolute atomic E-state index is 0.988. The number of aromatic nitrogens is 1. The van der Waals surface area contributed by atoms with Gasteiger partial charge in [-0.15, -0.1) is 0 Å². The molecule has 0 aliphatic heterocycles. The molecular weight excluding hydrogens is 232 g/mol. The first-order valence-electron chi connectivity index (χ1n) is 6.98. The molecule has 1 aromatic heterocycles. The van der Waals surface area contributed by atoms with Crippen LogP contribution in [0.25, 0.3) is 18.4 Å². The highest BCUT2D eigenvalue weighted by molar-refractivity contribution is 5.64. The van der Waals surface area contributed by atoms with Gasteiger partial charge in [-0.3, -0.25) is 0 Å². The van der Waals surface area contributed by atoms with Crippen LogP contribution in [0.2, 0.25) is 0 Å². The topological polar surface area (TPSA) is 16.1 Å². The minimum atomic E-state index is 0.988. The smallest absolute Gasteiger partial charge is 0.0898 e. The van der Waals surface area contributed by atoms with Crippen molar-refractivity contribution < 1.29 is 0 Å². The van der Waals surface area contributed by atoms with Crippen LogP contribution in [0.4, 0.5) is 0 Å². The average Bonchev–Trinajstić information content (AvgIpc) is 2.40. The number of hydrogen-bond donors (Lipinski definition) is 0. The van der Waals surface area contributed by atoms with Crippen molar-refractivity contribution in [3.8, 4) is 0 Å². The highest BCUT2D eigenvalue weighted by Crippen LogP contribution is 2.19. The van der Waals surface area contributed by atoms with Gasteiger partial charge in [-0.1, -0.05) is 25.7 Å². The van der Waals surface area contributed by atoms with Gasteiger partial charge in [0.2, 0.25) is 0 Å². The molecule has 0 aromatic carbocycles. The summed E-state index contributed by atoms with van der Waals surface area (Å²) < 4.78 is 0. The van der Waals surface area contributed by atoms with Gasteiger partial charge < -0.3 is 4.90 Å². The van der Waals surface area contributed by atoms with Gasteiger partial charge in [0.05, 0.1) is 16.7 Å². The minimum Gasteiger partial charge on any atom is -0.373 e. The molecule has 1 aromatic rings. The lowest BCUT2D eigenvalue weighted by Gasteiger charge is -2.23. The molecule has 1 heterocycles. The van der Waals surface area contributed by atoms with Crippen LogP contribution in [-0.2, 0) is 0 Å². The van der Waals surface area contributed by atoms with E-state index in [0.29, 0.717) is 0 Å². The van der Waals surface area contributed by atoms with Crippen LogP contribution in [0.5, 0.6) is 0 Å². The fourth-order valence-electron chi connectivity index (χ4n) is 2.35. The fraction of sp³-hybridized carbons (Fsp3) is 0.471. The van der Waals surface area contributed by atoms with Crippen molar-refractivity contribution in [2.75, 3.05) is 13.6 Å². The Balaban J connectivity index is 3.51. The van der Waals surface area contributed by atoms with E-state index >= 15 is 0 Å². The molecule has 0 unspecified atom stereocenters. The average molecular weight is 258 g/mol. The van der Waals surface area contributed by atoms with E-state index in [-0.39, 0.29) is 0 Å². The molecule has 0 saturated carbocycles. The number of nitrogens with zero attached hydrogens (tertiary/aromatic N) is 2. The molecule has 1 rings (SSSR count). The van der Waals surface area contributed by atoms with E-state index in [0.717, 1.165) is 29.2 Å². The number of pyridine rings is 1. The summed E-state index contributed by atoms with van der Waals surface area (Å²) in [6.45, 7) is 15.7. The molecule has 0 amide bonds. The Bertz CT molecular complexity index is 582. The molecule has 19 heavy (non-hydrogen) atoms. The third kappa shape index (κ3) is 3.06. The maximum Gasteiger partial charge on any atom is 0.0898 e. The summed E-state index contributed by atoms with van der Waals surface area (Å²) in [5.41, 5.74) is 4.75. The van der Waals surface area contributed by atoms with Crippen molar-refractivity contribution >= 4 is 18.4 Å². The predicted octanol–water partition coefficient (Wildman–Crippen LogP) is 2.61. The predicted molar refractivity (Wildman–Crippen MR) is 85.2 cm³/mol. The van der Waals surface area contributed by atoms with Crippen molar-refractivity contribution in [2.24, 2.45) is 0 Å². The Labute approximate surface area is 117 Å². The normalized spacial score (nSPS) is 12.9. The van der Waals surface area contributed by atoms with Crippen LogP contribution in [0.1, 0.15) is 44.0 Å². The maximum atomic E-state index is 4.80. The van der Waals surface area contributed by atoms with Gasteiger partial charge >= 0.3 is 0 Å². The monoisotopic (exact) mass is 258 g/mol. The largest absolute Gasteiger partial charge is 0.373 e. The Kier molecular flexibility index (Phi) is 5.34. The number of allylic oxidation sites excluding steroid dienone is 1. The molecule has 104 valence electrons. The van der Waals surface area contributed by atoms with E-state index in [9.17, 15) is 0 Å². The molecule has 0 N–H and O–H groups in total. The summed E-state index contributed by atoms with van der Waals surface area (Å²) in [5.74, 6) is 0. The summed E-state index contributed by atoms with van der Waals surface area (Å²) in [6, 6.07) is 0. The van der Waals surface area contributed by atoms with Crippen LogP contribution in [0.3, 0.4) is 0 Å². The van der Waals surface area contributed by atoms with E-state index < -0.39 is 0 Å². The van der Waals surface area contributed by atoms with Crippen molar-refractivity contribution in [3.63, 3.8) is 0 Å². The summed E-state index contributed by atoms with van der Waals surface area (Å²) in [6.07, 6.45) is 5.31. The first kappa shape index (κ1) is 15.5. The standard InChI is InChI=1S/C17H26N2/c1-8-11-19(7)16(10-3)17-14(6)12(4)13(5)15(9-2)18-17/h9-10H,5,8,11H2,1-4,6-7H3/b15-9+,16-10-. The molecule has 0 aliphatic carbocycles. The lowest BCUT2D eigenvalue weighted by Crippen LogP contribution is -2.33. The first-order valence-corrected chi connectivity index (χ1v) is 6.98. The van der Waals surface area contributed by atoms with Crippen molar-refractivity contribution in [1.29, 1.82) is 0 Å². The quantitative estimate of drug-likeness (QED) is 0.825. The van der Waals surface area contributed by atoms with E-state index in [1.165, 1.54) is 16.8 Å². The third-order valence-electron chi connectivity index (χ3n) is 3.67. The van der Waals surface area contributed by atoms with E-state index in [2.05, 4.69) is 52.3 Å². The number of hydrogen-bond acceptors (Lipinski definition) is 2. The second-order valence-electron chi connectivity index (χ2n) is 4.96. The summed E-state index contributed by atoms with van der Waals surface area (Å²) >= 11 is 0. The molecule has 2 heteroatoms. The Morgan fingerprint density at radius 1 is 1.26 bits per heavy atom. The summed E-state index contributed by atoms with van der Waals surface area (Å²) in [4.78, 5) is 7.07. The molecule has 0 spiro atoms. The lowest BCUT2D eigenvalue weighted by molar-refractivity contribution is 0.474. The van der Waals surface area contributed by atoms with Crippen LogP contribution < -0.4 is 10.6 Å². The zero-order chi connectivity index (χ0) is 14.6. The highest BCUT2D eigenvalue weighted by atomic mass is 15.1. The first-order chi connectivity index (χ1) is 8.97. The molecule has 0 aliphatic rings. The van der Waals surface area contributed by atoms with Crippen LogP contribution in [0, 0.1) is 13.8 Å². The molecule has 2 nitrogen and oxygen atoms in total. The SMILES string of the molecule is C=c1c(C)c(C)c(/C(=C/C)N(C)CCC)n/c1=C/C. The molecule has 0 bridgehead atoms. The van der Waals surface area contributed by atoms with Crippen LogP contribution >= 0.6 is 0 Å². The third-order valence-corrected chi connectivity index (χ3v) is 3.67. The van der Waals surface area contributed by atoms with Gasteiger partial charge in [-0.2, -0.15) is 0 Å². The maximum absolute atomic E-state index is 4.80. The molecular formula is C17H26N2. The Hall–Kier alpha value is -1.57. The van der Waals surface area contributed by atoms with Gasteiger partial charge in [0.15, 0.2) is 0 Å². The van der Waals surface area contributed by atoms with E-state index in [1.807, 2.05) is 13.0 Å². The van der Waals surface area contributed by atoms with Gasteiger partial charge in [0.1, 0.15) is 0 Å². The summed E-state index contributed by atoms with van der Waals surface area (Å²) in [5, 5.41) is 2.03. The lowest BCUT2D eigenvalue weighted by atomic mass is 10.0. The second kappa shape index (κ2) is 6.55. The van der Waals surface area contributed by atoms with Crippen LogP contribution in [0.15, 0.2) is 6.08 Å². The Morgan fingerprint density at radius 3 is 2.37 bits per heavy atom.